The van der Waals surface area contributed by atoms with Gasteiger partial charge in [0.2, 0.25) is 0 Å². The van der Waals surface area contributed by atoms with Gasteiger partial charge in [-0.2, -0.15) is 0 Å². The summed E-state index contributed by atoms with van der Waals surface area (Å²) in [4.78, 5) is 15.7. The largest absolute Gasteiger partial charge is 0.309 e. The van der Waals surface area contributed by atoms with E-state index in [1.807, 2.05) is 17.4 Å². The SMILES string of the molecule is c1ccc(-c2cc(-c3ccc(-c4nc5ccccc5c5sc6ccccc6c45)cc3)nc(-c3cccc(-n4c5ccccc5c5ccccc54)c3)n2)cc1. The molecular weight excluding hydrogens is 677 g/mol. The number of pyridine rings is 1. The van der Waals surface area contributed by atoms with Gasteiger partial charge in [-0.3, -0.25) is 0 Å². The van der Waals surface area contributed by atoms with Crippen molar-refractivity contribution in [3.05, 3.63) is 182 Å². The van der Waals surface area contributed by atoms with Crippen molar-refractivity contribution in [2.24, 2.45) is 0 Å². The molecule has 5 heteroatoms. The van der Waals surface area contributed by atoms with Gasteiger partial charge in [0.15, 0.2) is 5.82 Å². The summed E-state index contributed by atoms with van der Waals surface area (Å²) >= 11 is 1.84. The fourth-order valence-electron chi connectivity index (χ4n) is 7.88. The van der Waals surface area contributed by atoms with E-state index in [4.69, 9.17) is 15.0 Å². The number of fused-ring (bicyclic) bond motifs is 8. The van der Waals surface area contributed by atoms with Crippen LogP contribution in [0.3, 0.4) is 0 Å². The van der Waals surface area contributed by atoms with Crippen molar-refractivity contribution in [3.8, 4) is 50.8 Å². The van der Waals surface area contributed by atoms with Crippen molar-refractivity contribution in [2.45, 2.75) is 0 Å². The van der Waals surface area contributed by atoms with Crippen LogP contribution in [0.2, 0.25) is 0 Å². The minimum Gasteiger partial charge on any atom is -0.309 e. The number of thiophene rings is 1. The lowest BCUT2D eigenvalue weighted by molar-refractivity contribution is 1.16. The summed E-state index contributed by atoms with van der Waals surface area (Å²) in [5.74, 6) is 0.681. The van der Waals surface area contributed by atoms with Crippen molar-refractivity contribution in [2.75, 3.05) is 0 Å². The van der Waals surface area contributed by atoms with Gasteiger partial charge in [0.25, 0.3) is 0 Å². The van der Waals surface area contributed by atoms with Gasteiger partial charge in [-0.15, -0.1) is 11.3 Å². The zero-order valence-electron chi connectivity index (χ0n) is 29.0. The Labute approximate surface area is 315 Å². The molecule has 0 saturated carbocycles. The first-order valence-corrected chi connectivity index (χ1v) is 18.9. The predicted octanol–water partition coefficient (Wildman–Crippen LogP) is 13.2. The third-order valence-corrected chi connectivity index (χ3v) is 11.6. The second-order valence-corrected chi connectivity index (χ2v) is 14.7. The van der Waals surface area contributed by atoms with Crippen molar-refractivity contribution in [1.82, 2.24) is 19.5 Å². The lowest BCUT2D eigenvalue weighted by atomic mass is 10.0. The molecule has 7 aromatic carbocycles. The molecule has 0 N–H and O–H groups in total. The van der Waals surface area contributed by atoms with Crippen molar-refractivity contribution in [1.29, 1.82) is 0 Å². The second-order valence-electron chi connectivity index (χ2n) is 13.6. The molecule has 11 rings (SSSR count). The Hall–Kier alpha value is -6.95. The Balaban J connectivity index is 1.05. The molecule has 11 aromatic rings. The molecule has 4 heterocycles. The first-order valence-electron chi connectivity index (χ1n) is 18.1. The lowest BCUT2D eigenvalue weighted by Crippen LogP contribution is -1.98. The van der Waals surface area contributed by atoms with Gasteiger partial charge >= 0.3 is 0 Å². The second kappa shape index (κ2) is 12.3. The molecule has 0 amide bonds. The standard InChI is InChI=1S/C49H30N4S/c1-2-13-31(14-3-1)41-30-42(52-49(51-41)34-15-12-16-35(29-34)53-43-22-9-5-17-36(43)37-18-6-10-23-44(37)53)32-25-27-33(28-26-32)47-46-39-20-7-11-24-45(39)54-48(46)38-19-4-8-21-40(38)50-47/h1-30H. The van der Waals surface area contributed by atoms with Crippen molar-refractivity contribution < 1.29 is 0 Å². The van der Waals surface area contributed by atoms with Gasteiger partial charge in [-0.25, -0.2) is 15.0 Å². The van der Waals surface area contributed by atoms with Crippen LogP contribution < -0.4 is 0 Å². The molecule has 54 heavy (non-hydrogen) atoms. The van der Waals surface area contributed by atoms with Crippen LogP contribution >= 0.6 is 11.3 Å². The molecule has 0 aliphatic heterocycles. The molecule has 0 unspecified atom stereocenters. The normalized spacial score (nSPS) is 11.7. The predicted molar refractivity (Wildman–Crippen MR) is 226 cm³/mol. The third-order valence-electron chi connectivity index (χ3n) is 10.4. The number of hydrogen-bond acceptors (Lipinski definition) is 4. The van der Waals surface area contributed by atoms with Crippen LogP contribution in [-0.4, -0.2) is 19.5 Å². The first kappa shape index (κ1) is 30.7. The van der Waals surface area contributed by atoms with E-state index in [1.54, 1.807) is 0 Å². The van der Waals surface area contributed by atoms with Crippen LogP contribution in [0.25, 0.3) is 104 Å². The molecule has 0 fully saturated rings. The summed E-state index contributed by atoms with van der Waals surface area (Å²) in [7, 11) is 0. The minimum atomic E-state index is 0.681. The summed E-state index contributed by atoms with van der Waals surface area (Å²) in [6, 6.07) is 64.1. The highest BCUT2D eigenvalue weighted by Crippen LogP contribution is 2.43. The molecule has 0 atom stereocenters. The van der Waals surface area contributed by atoms with Gasteiger partial charge in [0, 0.05) is 64.3 Å². The van der Waals surface area contributed by atoms with Gasteiger partial charge in [-0.1, -0.05) is 140 Å². The Morgan fingerprint density at radius 2 is 0.981 bits per heavy atom. The maximum absolute atomic E-state index is 5.25. The van der Waals surface area contributed by atoms with Crippen LogP contribution in [0.4, 0.5) is 0 Å². The summed E-state index contributed by atoms with van der Waals surface area (Å²) in [5, 5.41) is 6.11. The average Bonchev–Trinajstić information content (AvgIpc) is 3.81. The fourth-order valence-corrected chi connectivity index (χ4v) is 9.12. The quantitative estimate of drug-likeness (QED) is 0.179. The van der Waals surface area contributed by atoms with Crippen LogP contribution in [0.15, 0.2) is 182 Å². The number of hydrogen-bond donors (Lipinski definition) is 0. The van der Waals surface area contributed by atoms with Gasteiger partial charge in [-0.05, 0) is 42.5 Å². The monoisotopic (exact) mass is 706 g/mol. The van der Waals surface area contributed by atoms with Crippen molar-refractivity contribution >= 4 is 64.2 Å². The maximum Gasteiger partial charge on any atom is 0.160 e. The van der Waals surface area contributed by atoms with E-state index in [9.17, 15) is 0 Å². The fraction of sp³-hybridized carbons (Fsp3) is 0. The van der Waals surface area contributed by atoms with Crippen LogP contribution in [0, 0.1) is 0 Å². The number of aromatic nitrogens is 4. The van der Waals surface area contributed by atoms with Gasteiger partial charge < -0.3 is 4.57 Å². The van der Waals surface area contributed by atoms with Crippen molar-refractivity contribution in [3.63, 3.8) is 0 Å². The molecule has 0 bridgehead atoms. The molecule has 4 aromatic heterocycles. The summed E-state index contributed by atoms with van der Waals surface area (Å²) in [6.45, 7) is 0. The van der Waals surface area contributed by atoms with Crippen LogP contribution in [0.1, 0.15) is 0 Å². The van der Waals surface area contributed by atoms with Crippen LogP contribution in [-0.2, 0) is 0 Å². The summed E-state index contributed by atoms with van der Waals surface area (Å²) < 4.78 is 4.88. The van der Waals surface area contributed by atoms with E-state index in [1.165, 1.54) is 47.4 Å². The molecule has 0 spiro atoms. The Bertz CT molecular complexity index is 3160. The number of benzene rings is 7. The Kier molecular flexibility index (Phi) is 7.00. The van der Waals surface area contributed by atoms with E-state index in [0.29, 0.717) is 5.82 Å². The Morgan fingerprint density at radius 3 is 1.72 bits per heavy atom. The molecular formula is C49H30N4S. The Morgan fingerprint density at radius 1 is 0.407 bits per heavy atom. The van der Waals surface area contributed by atoms with E-state index in [-0.39, 0.29) is 0 Å². The van der Waals surface area contributed by atoms with E-state index < -0.39 is 0 Å². The zero-order chi connectivity index (χ0) is 35.6. The maximum atomic E-state index is 5.25. The number of rotatable bonds is 5. The number of nitrogens with zero attached hydrogens (tertiary/aromatic N) is 4. The summed E-state index contributed by atoms with van der Waals surface area (Å²) in [5.41, 5.74) is 11.3. The first-order chi connectivity index (χ1) is 26.8. The molecule has 0 aliphatic carbocycles. The molecule has 0 radical (unpaired) electrons. The molecule has 4 nitrogen and oxygen atoms in total. The van der Waals surface area contributed by atoms with E-state index in [2.05, 4.69) is 180 Å². The third kappa shape index (κ3) is 4.94. The molecule has 252 valence electrons. The lowest BCUT2D eigenvalue weighted by Gasteiger charge is -2.12. The topological polar surface area (TPSA) is 43.6 Å². The highest BCUT2D eigenvalue weighted by Gasteiger charge is 2.18. The van der Waals surface area contributed by atoms with E-state index in [0.717, 1.165) is 50.5 Å². The average molecular weight is 707 g/mol. The van der Waals surface area contributed by atoms with Gasteiger partial charge in [0.05, 0.1) is 33.6 Å². The van der Waals surface area contributed by atoms with E-state index >= 15 is 0 Å². The molecule has 0 saturated heterocycles. The highest BCUT2D eigenvalue weighted by atomic mass is 32.1. The molecule has 0 aliphatic rings. The summed E-state index contributed by atoms with van der Waals surface area (Å²) in [6.07, 6.45) is 0. The zero-order valence-corrected chi connectivity index (χ0v) is 29.8. The smallest absolute Gasteiger partial charge is 0.160 e. The number of para-hydroxylation sites is 3. The minimum absolute atomic E-state index is 0.681. The van der Waals surface area contributed by atoms with Crippen LogP contribution in [0.5, 0.6) is 0 Å². The van der Waals surface area contributed by atoms with Gasteiger partial charge in [0.1, 0.15) is 0 Å². The highest BCUT2D eigenvalue weighted by molar-refractivity contribution is 7.26.